The van der Waals surface area contributed by atoms with Crippen LogP contribution in [0, 0.1) is 0 Å². The first-order valence-electron chi connectivity index (χ1n) is 3.88. The number of sulfonamides is 1. The summed E-state index contributed by atoms with van der Waals surface area (Å²) in [6, 6.07) is 0. The molecule has 0 spiro atoms. The van der Waals surface area contributed by atoms with E-state index in [4.69, 9.17) is 9.47 Å². The van der Waals surface area contributed by atoms with Crippen LogP contribution in [0.2, 0.25) is 0 Å². The molecule has 0 saturated heterocycles. The number of rotatable bonds is 4. The van der Waals surface area contributed by atoms with Gasteiger partial charge in [-0.25, -0.2) is 8.42 Å². The van der Waals surface area contributed by atoms with Crippen molar-refractivity contribution in [3.8, 4) is 11.8 Å². The Morgan fingerprint density at radius 2 is 1.67 bits per heavy atom. The predicted octanol–water partition coefficient (Wildman–Crippen LogP) is -0.135. The second-order valence-corrected chi connectivity index (χ2v) is 4.39. The van der Waals surface area contributed by atoms with Crippen molar-refractivity contribution in [3.05, 3.63) is 6.33 Å². The predicted molar refractivity (Wildman–Crippen MR) is 53.6 cm³/mol. The third-order valence-electron chi connectivity index (χ3n) is 1.45. The number of hydrogen-bond donors (Lipinski definition) is 1. The van der Waals surface area contributed by atoms with Gasteiger partial charge in [0.2, 0.25) is 21.8 Å². The molecular formula is C7H11N3O4S. The quantitative estimate of drug-likeness (QED) is 0.778. The van der Waals surface area contributed by atoms with Gasteiger partial charge in [0.1, 0.15) is 6.33 Å². The average molecular weight is 233 g/mol. The van der Waals surface area contributed by atoms with E-state index in [9.17, 15) is 8.42 Å². The maximum absolute atomic E-state index is 11.1. The molecule has 0 amide bonds. The molecule has 0 bridgehead atoms. The first-order valence-corrected chi connectivity index (χ1v) is 5.78. The molecule has 0 saturated carbocycles. The summed E-state index contributed by atoms with van der Waals surface area (Å²) in [5.74, 6) is 0.208. The van der Waals surface area contributed by atoms with Crippen LogP contribution in [-0.2, 0) is 10.0 Å². The van der Waals surface area contributed by atoms with Crippen LogP contribution in [0.4, 0.5) is 5.69 Å². The molecular weight excluding hydrogens is 222 g/mol. The summed E-state index contributed by atoms with van der Waals surface area (Å²) >= 11 is 0. The Bertz CT molecular complexity index is 423. The summed E-state index contributed by atoms with van der Waals surface area (Å²) < 4.78 is 34.1. The Hall–Kier alpha value is -1.57. The zero-order valence-corrected chi connectivity index (χ0v) is 9.33. The second kappa shape index (κ2) is 4.30. The number of anilines is 1. The van der Waals surface area contributed by atoms with Crippen LogP contribution in [0.25, 0.3) is 0 Å². The Morgan fingerprint density at radius 1 is 1.20 bits per heavy atom. The molecule has 0 fully saturated rings. The molecule has 7 nitrogen and oxygen atoms in total. The molecule has 1 N–H and O–H groups in total. The third kappa shape index (κ3) is 2.94. The Kier molecular flexibility index (Phi) is 3.30. The van der Waals surface area contributed by atoms with Crippen molar-refractivity contribution >= 4 is 15.7 Å². The zero-order valence-electron chi connectivity index (χ0n) is 8.51. The van der Waals surface area contributed by atoms with Gasteiger partial charge in [-0.1, -0.05) is 0 Å². The number of hydrogen-bond acceptors (Lipinski definition) is 6. The SMILES string of the molecule is COc1ncnc(OC)c1NS(C)(=O)=O. The van der Waals surface area contributed by atoms with Gasteiger partial charge in [0.15, 0.2) is 5.69 Å². The lowest BCUT2D eigenvalue weighted by Gasteiger charge is -2.10. The van der Waals surface area contributed by atoms with E-state index in [1.807, 2.05) is 0 Å². The van der Waals surface area contributed by atoms with Gasteiger partial charge in [-0.05, 0) is 0 Å². The molecule has 1 aromatic heterocycles. The highest BCUT2D eigenvalue weighted by Gasteiger charge is 2.16. The Balaban J connectivity index is 3.22. The molecule has 84 valence electrons. The molecule has 0 radical (unpaired) electrons. The molecule has 1 rings (SSSR count). The van der Waals surface area contributed by atoms with Gasteiger partial charge in [0.25, 0.3) is 0 Å². The van der Waals surface area contributed by atoms with Crippen LogP contribution in [0.5, 0.6) is 11.8 Å². The van der Waals surface area contributed by atoms with Crippen molar-refractivity contribution in [1.29, 1.82) is 0 Å². The molecule has 1 heterocycles. The fourth-order valence-corrected chi connectivity index (χ4v) is 1.48. The number of ether oxygens (including phenoxy) is 2. The summed E-state index contributed by atoms with van der Waals surface area (Å²) in [5.41, 5.74) is 0.0880. The highest BCUT2D eigenvalue weighted by atomic mass is 32.2. The van der Waals surface area contributed by atoms with Crippen molar-refractivity contribution in [2.24, 2.45) is 0 Å². The maximum atomic E-state index is 11.1. The van der Waals surface area contributed by atoms with Crippen molar-refractivity contribution in [1.82, 2.24) is 9.97 Å². The first-order chi connectivity index (χ1) is 6.98. The van der Waals surface area contributed by atoms with Crippen LogP contribution >= 0.6 is 0 Å². The third-order valence-corrected chi connectivity index (χ3v) is 2.03. The van der Waals surface area contributed by atoms with Crippen LogP contribution in [0.3, 0.4) is 0 Å². The topological polar surface area (TPSA) is 90.4 Å². The van der Waals surface area contributed by atoms with E-state index in [1.165, 1.54) is 20.5 Å². The lowest BCUT2D eigenvalue weighted by Crippen LogP contribution is -2.12. The highest BCUT2D eigenvalue weighted by molar-refractivity contribution is 7.92. The molecule has 8 heteroatoms. The van der Waals surface area contributed by atoms with Crippen LogP contribution in [-0.4, -0.2) is 38.9 Å². The number of methoxy groups -OCH3 is 2. The van der Waals surface area contributed by atoms with E-state index in [1.54, 1.807) is 0 Å². The smallest absolute Gasteiger partial charge is 0.245 e. The van der Waals surface area contributed by atoms with E-state index in [0.29, 0.717) is 0 Å². The summed E-state index contributed by atoms with van der Waals surface area (Å²) in [4.78, 5) is 7.50. The van der Waals surface area contributed by atoms with Crippen molar-refractivity contribution < 1.29 is 17.9 Å². The fraction of sp³-hybridized carbons (Fsp3) is 0.429. The lowest BCUT2D eigenvalue weighted by molar-refractivity contribution is 0.376. The van der Waals surface area contributed by atoms with Crippen LogP contribution in [0.1, 0.15) is 0 Å². The fourth-order valence-electron chi connectivity index (χ4n) is 0.937. The standard InChI is InChI=1S/C7H11N3O4S/c1-13-6-5(10-15(3,11)12)7(14-2)9-4-8-6/h4,10H,1-3H3. The van der Waals surface area contributed by atoms with Gasteiger partial charge in [-0.15, -0.1) is 0 Å². The van der Waals surface area contributed by atoms with Crippen LogP contribution < -0.4 is 14.2 Å². The molecule has 0 aliphatic heterocycles. The van der Waals surface area contributed by atoms with Gasteiger partial charge in [-0.2, -0.15) is 9.97 Å². The minimum absolute atomic E-state index is 0.0880. The second-order valence-electron chi connectivity index (χ2n) is 2.64. The summed E-state index contributed by atoms with van der Waals surface area (Å²) in [5, 5.41) is 0. The maximum Gasteiger partial charge on any atom is 0.245 e. The average Bonchev–Trinajstić information content (AvgIpc) is 2.16. The van der Waals surface area contributed by atoms with Gasteiger partial charge >= 0.3 is 0 Å². The summed E-state index contributed by atoms with van der Waals surface area (Å²) in [7, 11) is -0.692. The normalized spacial score (nSPS) is 10.9. The van der Waals surface area contributed by atoms with Gasteiger partial charge in [0, 0.05) is 0 Å². The molecule has 0 aliphatic carbocycles. The number of nitrogens with zero attached hydrogens (tertiary/aromatic N) is 2. The van der Waals surface area contributed by atoms with Crippen molar-refractivity contribution in [2.45, 2.75) is 0 Å². The Labute approximate surface area is 87.5 Å². The van der Waals surface area contributed by atoms with E-state index in [-0.39, 0.29) is 17.4 Å². The summed E-state index contributed by atoms with van der Waals surface area (Å²) in [6.45, 7) is 0. The number of nitrogens with one attached hydrogen (secondary N) is 1. The van der Waals surface area contributed by atoms with Gasteiger partial charge < -0.3 is 9.47 Å². The van der Waals surface area contributed by atoms with E-state index in [0.717, 1.165) is 6.26 Å². The van der Waals surface area contributed by atoms with Crippen molar-refractivity contribution in [2.75, 3.05) is 25.2 Å². The lowest BCUT2D eigenvalue weighted by atomic mass is 10.5. The van der Waals surface area contributed by atoms with Crippen molar-refractivity contribution in [3.63, 3.8) is 0 Å². The molecule has 1 aromatic rings. The molecule has 0 atom stereocenters. The van der Waals surface area contributed by atoms with E-state index >= 15 is 0 Å². The minimum Gasteiger partial charge on any atom is -0.479 e. The zero-order chi connectivity index (χ0) is 11.5. The van der Waals surface area contributed by atoms with Gasteiger partial charge in [-0.3, -0.25) is 4.72 Å². The van der Waals surface area contributed by atoms with E-state index < -0.39 is 10.0 Å². The first kappa shape index (κ1) is 11.5. The van der Waals surface area contributed by atoms with Crippen LogP contribution in [0.15, 0.2) is 6.33 Å². The molecule has 0 aromatic carbocycles. The highest BCUT2D eigenvalue weighted by Crippen LogP contribution is 2.30. The Morgan fingerprint density at radius 3 is 2.00 bits per heavy atom. The largest absolute Gasteiger partial charge is 0.479 e. The molecule has 0 unspecified atom stereocenters. The number of aromatic nitrogens is 2. The molecule has 15 heavy (non-hydrogen) atoms. The molecule has 0 aliphatic rings. The monoisotopic (exact) mass is 233 g/mol. The van der Waals surface area contributed by atoms with Gasteiger partial charge in [0.05, 0.1) is 20.5 Å². The van der Waals surface area contributed by atoms with E-state index in [2.05, 4.69) is 14.7 Å². The summed E-state index contributed by atoms with van der Waals surface area (Å²) in [6.07, 6.45) is 2.23. The minimum atomic E-state index is -3.43.